The molecule has 0 bridgehead atoms. The Morgan fingerprint density at radius 2 is 2.38 bits per heavy atom. The summed E-state index contributed by atoms with van der Waals surface area (Å²) in [6, 6.07) is 0. The number of aromatic nitrogens is 2. The third kappa shape index (κ3) is 4.26. The molecule has 5 nitrogen and oxygen atoms in total. The van der Waals surface area contributed by atoms with Crippen LogP contribution in [0.5, 0.6) is 0 Å². The Balaban J connectivity index is 3.21. The number of halogens is 1. The first-order chi connectivity index (χ1) is 10.1. The lowest BCUT2D eigenvalue weighted by Crippen LogP contribution is -2.08. The minimum Gasteiger partial charge on any atom is -0.392 e. The number of alkyl halides is 1. The van der Waals surface area contributed by atoms with Gasteiger partial charge in [-0.2, -0.15) is 5.10 Å². The molecule has 1 rings (SSSR count). The lowest BCUT2D eigenvalue weighted by Gasteiger charge is -2.15. The Labute approximate surface area is 124 Å². The standard InChI is InChI=1S/C15H22FN3O2/c1-5-11(14(16)6-2)7-12(9-20)15(21-17-4)13-8-18-19-10(13)3/h5,8,14,20H,4,6-7,9H2,1-3H3,(H,18,19)/b11-5-,15-12+. The number of aromatic amines is 1. The molecule has 1 atom stereocenters. The number of nitrogens with one attached hydrogen (secondary N) is 1. The van der Waals surface area contributed by atoms with Crippen molar-refractivity contribution in [1.29, 1.82) is 0 Å². The number of hydrogen-bond donors (Lipinski definition) is 2. The number of aryl methyl sites for hydroxylation is 1. The molecule has 0 fully saturated rings. The summed E-state index contributed by atoms with van der Waals surface area (Å²) in [6.45, 7) is 8.42. The zero-order valence-corrected chi connectivity index (χ0v) is 12.7. The summed E-state index contributed by atoms with van der Waals surface area (Å²) in [7, 11) is 0. The van der Waals surface area contributed by atoms with Crippen LogP contribution < -0.4 is 0 Å². The molecule has 1 heterocycles. The van der Waals surface area contributed by atoms with Crippen molar-refractivity contribution in [2.75, 3.05) is 6.61 Å². The van der Waals surface area contributed by atoms with Crippen LogP contribution in [0.15, 0.2) is 28.6 Å². The monoisotopic (exact) mass is 295 g/mol. The second kappa shape index (κ2) is 8.36. The molecule has 6 heteroatoms. The van der Waals surface area contributed by atoms with Crippen LogP contribution in [-0.2, 0) is 4.84 Å². The van der Waals surface area contributed by atoms with E-state index in [4.69, 9.17) is 4.84 Å². The molecule has 0 aliphatic carbocycles. The van der Waals surface area contributed by atoms with E-state index in [2.05, 4.69) is 22.1 Å². The molecular weight excluding hydrogens is 273 g/mol. The van der Waals surface area contributed by atoms with E-state index in [1.807, 2.05) is 6.92 Å². The Hall–Kier alpha value is -1.95. The number of hydrogen-bond acceptors (Lipinski definition) is 4. The Kier molecular flexibility index (Phi) is 6.81. The number of allylic oxidation sites excluding steroid dienone is 2. The number of oxime groups is 1. The predicted octanol–water partition coefficient (Wildman–Crippen LogP) is 3.14. The molecule has 1 unspecified atom stereocenters. The summed E-state index contributed by atoms with van der Waals surface area (Å²) in [5.74, 6) is 0.362. The van der Waals surface area contributed by atoms with Gasteiger partial charge in [-0.3, -0.25) is 5.10 Å². The van der Waals surface area contributed by atoms with Gasteiger partial charge in [0, 0.05) is 18.0 Å². The fraction of sp³-hybridized carbons (Fsp3) is 0.467. The predicted molar refractivity (Wildman–Crippen MR) is 81.5 cm³/mol. The van der Waals surface area contributed by atoms with Gasteiger partial charge in [-0.1, -0.05) is 18.2 Å². The average molecular weight is 295 g/mol. The van der Waals surface area contributed by atoms with Crippen molar-refractivity contribution in [2.24, 2.45) is 5.16 Å². The molecule has 116 valence electrons. The first-order valence-electron chi connectivity index (χ1n) is 6.84. The van der Waals surface area contributed by atoms with Gasteiger partial charge in [-0.05, 0) is 32.3 Å². The van der Waals surface area contributed by atoms with E-state index in [9.17, 15) is 9.50 Å². The van der Waals surface area contributed by atoms with Crippen LogP contribution in [0, 0.1) is 6.92 Å². The summed E-state index contributed by atoms with van der Waals surface area (Å²) in [6.07, 6.45) is 2.93. The third-order valence-corrected chi connectivity index (χ3v) is 3.29. The zero-order chi connectivity index (χ0) is 15.8. The Morgan fingerprint density at radius 3 is 2.81 bits per heavy atom. The number of aliphatic hydroxyl groups is 1. The fourth-order valence-electron chi connectivity index (χ4n) is 2.06. The van der Waals surface area contributed by atoms with Gasteiger partial charge < -0.3 is 9.94 Å². The lowest BCUT2D eigenvalue weighted by molar-refractivity contribution is 0.281. The topological polar surface area (TPSA) is 70.5 Å². The lowest BCUT2D eigenvalue weighted by atomic mass is 9.97. The molecular formula is C15H22FN3O2. The van der Waals surface area contributed by atoms with Crippen LogP contribution in [0.3, 0.4) is 0 Å². The molecule has 1 aromatic heterocycles. The van der Waals surface area contributed by atoms with E-state index in [0.717, 1.165) is 5.69 Å². The molecule has 1 aromatic rings. The van der Waals surface area contributed by atoms with Gasteiger partial charge in [0.05, 0.1) is 18.4 Å². The maximum atomic E-state index is 13.9. The van der Waals surface area contributed by atoms with Crippen LogP contribution in [0.2, 0.25) is 0 Å². The summed E-state index contributed by atoms with van der Waals surface area (Å²) in [4.78, 5) is 5.20. The van der Waals surface area contributed by atoms with Crippen molar-refractivity contribution in [1.82, 2.24) is 10.2 Å². The highest BCUT2D eigenvalue weighted by Crippen LogP contribution is 2.28. The van der Waals surface area contributed by atoms with Gasteiger partial charge in [0.15, 0.2) is 5.76 Å². The van der Waals surface area contributed by atoms with Crippen LogP contribution >= 0.6 is 0 Å². The highest BCUT2D eigenvalue weighted by molar-refractivity contribution is 5.65. The molecule has 0 saturated carbocycles. The third-order valence-electron chi connectivity index (χ3n) is 3.29. The van der Waals surface area contributed by atoms with Crippen LogP contribution in [-0.4, -0.2) is 34.8 Å². The number of H-pyrrole nitrogens is 1. The smallest absolute Gasteiger partial charge is 0.170 e. The van der Waals surface area contributed by atoms with E-state index in [1.54, 1.807) is 26.1 Å². The molecule has 0 aliphatic heterocycles. The zero-order valence-electron chi connectivity index (χ0n) is 12.7. The Bertz CT molecular complexity index is 535. The maximum absolute atomic E-state index is 13.9. The molecule has 21 heavy (non-hydrogen) atoms. The summed E-state index contributed by atoms with van der Waals surface area (Å²) in [5.41, 5.74) is 2.59. The van der Waals surface area contributed by atoms with E-state index in [1.165, 1.54) is 0 Å². The normalized spacial score (nSPS) is 14.6. The van der Waals surface area contributed by atoms with Crippen LogP contribution in [0.1, 0.15) is 37.9 Å². The highest BCUT2D eigenvalue weighted by Gasteiger charge is 2.19. The molecule has 0 amide bonds. The second-order valence-electron chi connectivity index (χ2n) is 4.64. The summed E-state index contributed by atoms with van der Waals surface area (Å²) in [5, 5.41) is 19.8. The van der Waals surface area contributed by atoms with Crippen molar-refractivity contribution in [3.05, 3.63) is 34.7 Å². The number of aliphatic hydroxyl groups excluding tert-OH is 1. The largest absolute Gasteiger partial charge is 0.392 e. The van der Waals surface area contributed by atoms with Crippen molar-refractivity contribution in [3.63, 3.8) is 0 Å². The molecule has 0 radical (unpaired) electrons. The molecule has 2 N–H and O–H groups in total. The van der Waals surface area contributed by atoms with Crippen molar-refractivity contribution < 1.29 is 14.3 Å². The molecule has 0 aromatic carbocycles. The van der Waals surface area contributed by atoms with Crippen molar-refractivity contribution in [3.8, 4) is 0 Å². The van der Waals surface area contributed by atoms with Gasteiger partial charge in [-0.25, -0.2) is 4.39 Å². The minimum absolute atomic E-state index is 0.261. The molecule has 0 aliphatic rings. The van der Waals surface area contributed by atoms with Crippen molar-refractivity contribution >= 4 is 12.5 Å². The quantitative estimate of drug-likeness (QED) is 0.335. The van der Waals surface area contributed by atoms with Gasteiger partial charge in [-0.15, -0.1) is 0 Å². The van der Waals surface area contributed by atoms with Crippen LogP contribution in [0.25, 0.3) is 5.76 Å². The van der Waals surface area contributed by atoms with Gasteiger partial charge in [0.25, 0.3) is 0 Å². The fourth-order valence-corrected chi connectivity index (χ4v) is 2.06. The van der Waals surface area contributed by atoms with E-state index >= 15 is 0 Å². The Morgan fingerprint density at radius 1 is 1.67 bits per heavy atom. The maximum Gasteiger partial charge on any atom is 0.170 e. The molecule has 0 saturated heterocycles. The van der Waals surface area contributed by atoms with E-state index in [-0.39, 0.29) is 13.0 Å². The number of rotatable bonds is 8. The molecule has 0 spiro atoms. The minimum atomic E-state index is -1.04. The average Bonchev–Trinajstić information content (AvgIpc) is 2.92. The van der Waals surface area contributed by atoms with E-state index in [0.29, 0.717) is 28.9 Å². The first-order valence-corrected chi connectivity index (χ1v) is 6.84. The van der Waals surface area contributed by atoms with Crippen molar-refractivity contribution in [2.45, 2.75) is 39.8 Å². The summed E-state index contributed by atoms with van der Waals surface area (Å²) >= 11 is 0. The van der Waals surface area contributed by atoms with E-state index < -0.39 is 6.17 Å². The van der Waals surface area contributed by atoms with Gasteiger partial charge in [0.2, 0.25) is 0 Å². The first kappa shape index (κ1) is 17.1. The number of nitrogens with zero attached hydrogens (tertiary/aromatic N) is 2. The SMILES string of the molecule is C=NO/C(=C(/CO)C/C(=C/C)C(F)CC)c1cn[nH]c1C. The van der Waals surface area contributed by atoms with Gasteiger partial charge >= 0.3 is 0 Å². The second-order valence-corrected chi connectivity index (χ2v) is 4.64. The van der Waals surface area contributed by atoms with Gasteiger partial charge in [0.1, 0.15) is 6.17 Å². The van der Waals surface area contributed by atoms with Crippen LogP contribution in [0.4, 0.5) is 4.39 Å². The summed E-state index contributed by atoms with van der Waals surface area (Å²) < 4.78 is 13.9. The highest BCUT2D eigenvalue weighted by atomic mass is 19.1.